The van der Waals surface area contributed by atoms with Crippen LogP contribution in [0.15, 0.2) is 146 Å². The van der Waals surface area contributed by atoms with Gasteiger partial charge < -0.3 is 4.74 Å². The van der Waals surface area contributed by atoms with Crippen LogP contribution in [0.1, 0.15) is 25.0 Å². The van der Waals surface area contributed by atoms with Gasteiger partial charge in [0.15, 0.2) is 0 Å². The topological polar surface area (TPSA) is 9.23 Å². The highest BCUT2D eigenvalue weighted by Crippen LogP contribution is 2.54. The quantitative estimate of drug-likeness (QED) is 0.196. The highest BCUT2D eigenvalue weighted by molar-refractivity contribution is 6.12. The van der Waals surface area contributed by atoms with Gasteiger partial charge in [-0.05, 0) is 101 Å². The van der Waals surface area contributed by atoms with Crippen LogP contribution in [-0.2, 0) is 5.41 Å². The third-order valence-corrected chi connectivity index (χ3v) is 10.5. The van der Waals surface area contributed by atoms with Gasteiger partial charge in [-0.2, -0.15) is 0 Å². The summed E-state index contributed by atoms with van der Waals surface area (Å²) >= 11 is 0. The molecule has 1 aliphatic carbocycles. The second-order valence-corrected chi connectivity index (χ2v) is 13.3. The molecule has 216 valence electrons. The Morgan fingerprint density at radius 2 is 1.11 bits per heavy atom. The number of para-hydroxylation sites is 1. The summed E-state index contributed by atoms with van der Waals surface area (Å²) in [6.45, 7) is 4.74. The highest BCUT2D eigenvalue weighted by Gasteiger charge is 2.37. The van der Waals surface area contributed by atoms with Crippen LogP contribution in [0.2, 0.25) is 0 Å². The number of fused-ring (bicyclic) bond motifs is 8. The molecule has 10 rings (SSSR count). The van der Waals surface area contributed by atoms with E-state index >= 15 is 0 Å². The summed E-state index contributed by atoms with van der Waals surface area (Å²) in [5, 5.41) is 7.55. The minimum absolute atomic E-state index is 0.0895. The molecule has 0 N–H and O–H groups in total. The van der Waals surface area contributed by atoms with E-state index in [0.717, 1.165) is 17.1 Å². The molecule has 0 amide bonds. The SMILES string of the molecule is CC1(C)c2ccc(-c3ccc4c5c(cccc35)-c3ccccc3O4)cc2-c2c1ccc1c(-c3ccc4ccccc4c3)cccc21. The molecule has 0 radical (unpaired) electrons. The molecule has 0 unspecified atom stereocenters. The molecule has 0 aromatic heterocycles. The molecule has 1 heteroatoms. The van der Waals surface area contributed by atoms with Crippen LogP contribution in [-0.4, -0.2) is 0 Å². The van der Waals surface area contributed by atoms with E-state index < -0.39 is 0 Å². The van der Waals surface area contributed by atoms with Crippen molar-refractivity contribution in [2.45, 2.75) is 19.3 Å². The Hall–Kier alpha value is -5.66. The summed E-state index contributed by atoms with van der Waals surface area (Å²) in [5.74, 6) is 1.84. The standard InChI is InChI=1S/C45H30O/c1-45(2)39-22-19-30(32-21-24-42-44-35(32)13-8-15-37(44)34-11-5-6-16-41(34)46-42)26-38(39)43-36-14-7-12-31(33(36)20-23-40(43)45)29-18-17-27-9-3-4-10-28(27)25-29/h3-26H,1-2H3. The molecule has 1 aliphatic heterocycles. The fourth-order valence-corrected chi connectivity index (χ4v) is 8.22. The Balaban J connectivity index is 1.18. The van der Waals surface area contributed by atoms with Gasteiger partial charge >= 0.3 is 0 Å². The summed E-state index contributed by atoms with van der Waals surface area (Å²) in [5.41, 5.74) is 12.8. The average Bonchev–Trinajstić information content (AvgIpc) is 3.33. The van der Waals surface area contributed by atoms with Gasteiger partial charge in [-0.3, -0.25) is 0 Å². The van der Waals surface area contributed by atoms with Crippen LogP contribution in [0.3, 0.4) is 0 Å². The predicted molar refractivity (Wildman–Crippen MR) is 193 cm³/mol. The first kappa shape index (κ1) is 25.6. The lowest BCUT2D eigenvalue weighted by Gasteiger charge is -2.23. The van der Waals surface area contributed by atoms with Gasteiger partial charge in [0.05, 0.1) is 0 Å². The van der Waals surface area contributed by atoms with Gasteiger partial charge in [-0.1, -0.05) is 135 Å². The lowest BCUT2D eigenvalue weighted by atomic mass is 9.81. The van der Waals surface area contributed by atoms with Crippen molar-refractivity contribution in [2.75, 3.05) is 0 Å². The molecule has 1 nitrogen and oxygen atoms in total. The van der Waals surface area contributed by atoms with E-state index in [1.165, 1.54) is 82.4 Å². The van der Waals surface area contributed by atoms with E-state index in [9.17, 15) is 0 Å². The summed E-state index contributed by atoms with van der Waals surface area (Å²) in [4.78, 5) is 0. The van der Waals surface area contributed by atoms with Crippen molar-refractivity contribution in [3.63, 3.8) is 0 Å². The molecule has 46 heavy (non-hydrogen) atoms. The Kier molecular flexibility index (Phi) is 5.12. The van der Waals surface area contributed by atoms with Crippen LogP contribution < -0.4 is 4.74 Å². The first-order chi connectivity index (χ1) is 22.6. The van der Waals surface area contributed by atoms with E-state index in [0.29, 0.717) is 0 Å². The first-order valence-electron chi connectivity index (χ1n) is 16.1. The molecular weight excluding hydrogens is 556 g/mol. The zero-order valence-corrected chi connectivity index (χ0v) is 25.8. The van der Waals surface area contributed by atoms with Crippen molar-refractivity contribution < 1.29 is 4.74 Å². The van der Waals surface area contributed by atoms with Crippen LogP contribution in [0.5, 0.6) is 11.5 Å². The van der Waals surface area contributed by atoms with Crippen LogP contribution in [0, 0.1) is 0 Å². The maximum absolute atomic E-state index is 6.41. The van der Waals surface area contributed by atoms with Gasteiger partial charge in [0.25, 0.3) is 0 Å². The largest absolute Gasteiger partial charge is 0.456 e. The average molecular weight is 587 g/mol. The van der Waals surface area contributed by atoms with Crippen molar-refractivity contribution in [3.8, 4) is 56.0 Å². The van der Waals surface area contributed by atoms with Crippen molar-refractivity contribution in [1.82, 2.24) is 0 Å². The Bertz CT molecular complexity index is 2590. The van der Waals surface area contributed by atoms with Gasteiger partial charge in [-0.25, -0.2) is 0 Å². The zero-order chi connectivity index (χ0) is 30.6. The maximum Gasteiger partial charge on any atom is 0.135 e. The van der Waals surface area contributed by atoms with Crippen molar-refractivity contribution >= 4 is 32.3 Å². The Morgan fingerprint density at radius 3 is 2.02 bits per heavy atom. The third kappa shape index (κ3) is 3.46. The normalized spacial score (nSPS) is 13.8. The lowest BCUT2D eigenvalue weighted by molar-refractivity contribution is 0.487. The number of benzene rings is 8. The summed E-state index contributed by atoms with van der Waals surface area (Å²) in [6.07, 6.45) is 0. The van der Waals surface area contributed by atoms with E-state index in [1.54, 1.807) is 0 Å². The predicted octanol–water partition coefficient (Wildman–Crippen LogP) is 12.6. The summed E-state index contributed by atoms with van der Waals surface area (Å²) < 4.78 is 6.41. The molecule has 0 atom stereocenters. The molecular formula is C45H30O. The molecule has 0 bridgehead atoms. The molecule has 0 saturated carbocycles. The molecule has 2 aliphatic rings. The zero-order valence-electron chi connectivity index (χ0n) is 25.8. The van der Waals surface area contributed by atoms with E-state index in [1.807, 2.05) is 6.07 Å². The molecule has 0 saturated heterocycles. The molecule has 1 heterocycles. The van der Waals surface area contributed by atoms with E-state index in [-0.39, 0.29) is 5.41 Å². The maximum atomic E-state index is 6.41. The van der Waals surface area contributed by atoms with Crippen molar-refractivity contribution in [3.05, 3.63) is 157 Å². The first-order valence-corrected chi connectivity index (χ1v) is 16.1. The molecule has 0 fully saturated rings. The smallest absolute Gasteiger partial charge is 0.135 e. The van der Waals surface area contributed by atoms with Gasteiger partial charge in [0.1, 0.15) is 11.5 Å². The minimum atomic E-state index is -0.0895. The second-order valence-electron chi connectivity index (χ2n) is 13.3. The highest BCUT2D eigenvalue weighted by atomic mass is 16.5. The van der Waals surface area contributed by atoms with Crippen LogP contribution in [0.4, 0.5) is 0 Å². The summed E-state index contributed by atoms with van der Waals surface area (Å²) in [6, 6.07) is 53.5. The molecule has 8 aromatic rings. The summed E-state index contributed by atoms with van der Waals surface area (Å²) in [7, 11) is 0. The number of hydrogen-bond acceptors (Lipinski definition) is 1. The number of ether oxygens (including phenoxy) is 1. The minimum Gasteiger partial charge on any atom is -0.456 e. The van der Waals surface area contributed by atoms with E-state index in [2.05, 4.69) is 153 Å². The lowest BCUT2D eigenvalue weighted by Crippen LogP contribution is -2.14. The van der Waals surface area contributed by atoms with Crippen LogP contribution in [0.25, 0.3) is 76.8 Å². The number of rotatable bonds is 2. The fraction of sp³-hybridized carbons (Fsp3) is 0.0667. The molecule has 8 aromatic carbocycles. The second kappa shape index (κ2) is 9.19. The van der Waals surface area contributed by atoms with Crippen molar-refractivity contribution in [1.29, 1.82) is 0 Å². The van der Waals surface area contributed by atoms with Gasteiger partial charge in [-0.15, -0.1) is 0 Å². The van der Waals surface area contributed by atoms with Gasteiger partial charge in [0.2, 0.25) is 0 Å². The Labute approximate surface area is 268 Å². The van der Waals surface area contributed by atoms with Crippen LogP contribution >= 0.6 is 0 Å². The fourth-order valence-electron chi connectivity index (χ4n) is 8.22. The monoisotopic (exact) mass is 586 g/mol. The van der Waals surface area contributed by atoms with Crippen molar-refractivity contribution in [2.24, 2.45) is 0 Å². The Morgan fingerprint density at radius 1 is 0.413 bits per heavy atom. The number of hydrogen-bond donors (Lipinski definition) is 0. The van der Waals surface area contributed by atoms with E-state index in [4.69, 9.17) is 4.74 Å². The third-order valence-electron chi connectivity index (χ3n) is 10.5. The molecule has 0 spiro atoms. The van der Waals surface area contributed by atoms with Gasteiger partial charge in [0, 0.05) is 16.4 Å².